The minimum absolute atomic E-state index is 0.223. The van der Waals surface area contributed by atoms with Gasteiger partial charge < -0.3 is 10.4 Å². The summed E-state index contributed by atoms with van der Waals surface area (Å²) < 4.78 is 0. The molecule has 2 nitrogen and oxygen atoms in total. The van der Waals surface area contributed by atoms with Crippen LogP contribution in [0, 0.1) is 5.92 Å². The fourth-order valence-corrected chi connectivity index (χ4v) is 2.03. The highest BCUT2D eigenvalue weighted by Gasteiger charge is 2.13. The van der Waals surface area contributed by atoms with Gasteiger partial charge in [-0.25, -0.2) is 0 Å². The van der Waals surface area contributed by atoms with Gasteiger partial charge in [-0.3, -0.25) is 0 Å². The van der Waals surface area contributed by atoms with Crippen LogP contribution in [0.3, 0.4) is 0 Å². The van der Waals surface area contributed by atoms with Gasteiger partial charge in [0, 0.05) is 17.5 Å². The normalized spacial score (nSPS) is 15.4. The lowest BCUT2D eigenvalue weighted by Crippen LogP contribution is -2.37. The van der Waals surface area contributed by atoms with Crippen molar-refractivity contribution in [3.63, 3.8) is 0 Å². The van der Waals surface area contributed by atoms with Crippen LogP contribution >= 0.6 is 11.3 Å². The Morgan fingerprint density at radius 1 is 1.57 bits per heavy atom. The summed E-state index contributed by atoms with van der Waals surface area (Å²) in [6, 6.07) is 4.39. The quantitative estimate of drug-likeness (QED) is 0.759. The van der Waals surface area contributed by atoms with Crippen LogP contribution in [0.2, 0.25) is 0 Å². The van der Waals surface area contributed by atoms with Gasteiger partial charge in [-0.1, -0.05) is 26.3 Å². The van der Waals surface area contributed by atoms with Crippen molar-refractivity contribution < 1.29 is 5.11 Å². The van der Waals surface area contributed by atoms with Crippen molar-refractivity contribution in [2.75, 3.05) is 6.61 Å². The zero-order chi connectivity index (χ0) is 10.4. The Kier molecular flexibility index (Phi) is 5.15. The molecule has 0 radical (unpaired) electrons. The number of aliphatic hydroxyl groups is 1. The molecule has 0 aliphatic heterocycles. The predicted molar refractivity (Wildman–Crippen MR) is 61.5 cm³/mol. The van der Waals surface area contributed by atoms with Gasteiger partial charge in [0.2, 0.25) is 0 Å². The van der Waals surface area contributed by atoms with Gasteiger partial charge in [-0.05, 0) is 17.4 Å². The van der Waals surface area contributed by atoms with Crippen LogP contribution in [0.1, 0.15) is 25.1 Å². The number of thiophene rings is 1. The topological polar surface area (TPSA) is 32.3 Å². The van der Waals surface area contributed by atoms with Crippen molar-refractivity contribution in [2.45, 2.75) is 32.9 Å². The molecule has 0 amide bonds. The van der Waals surface area contributed by atoms with Crippen LogP contribution in [0.5, 0.6) is 0 Å². The summed E-state index contributed by atoms with van der Waals surface area (Å²) in [5, 5.41) is 14.7. The molecule has 0 fully saturated rings. The van der Waals surface area contributed by atoms with E-state index in [1.54, 1.807) is 11.3 Å². The highest BCUT2D eigenvalue weighted by Crippen LogP contribution is 2.11. The van der Waals surface area contributed by atoms with E-state index in [4.69, 9.17) is 0 Å². The van der Waals surface area contributed by atoms with Crippen molar-refractivity contribution in [3.8, 4) is 0 Å². The molecule has 0 saturated heterocycles. The van der Waals surface area contributed by atoms with E-state index in [1.807, 2.05) is 0 Å². The van der Waals surface area contributed by atoms with Crippen molar-refractivity contribution in [3.05, 3.63) is 22.4 Å². The molecule has 1 aromatic rings. The van der Waals surface area contributed by atoms with Crippen molar-refractivity contribution in [2.24, 2.45) is 5.92 Å². The van der Waals surface area contributed by atoms with E-state index >= 15 is 0 Å². The fourth-order valence-electron chi connectivity index (χ4n) is 1.38. The van der Waals surface area contributed by atoms with Crippen molar-refractivity contribution in [1.29, 1.82) is 0 Å². The lowest BCUT2D eigenvalue weighted by atomic mass is 10.00. The van der Waals surface area contributed by atoms with E-state index in [-0.39, 0.29) is 12.6 Å². The smallest absolute Gasteiger partial charge is 0.0587 e. The number of nitrogens with one attached hydrogen (secondary N) is 1. The van der Waals surface area contributed by atoms with Crippen LogP contribution in [0.4, 0.5) is 0 Å². The zero-order valence-corrected chi connectivity index (χ0v) is 9.68. The van der Waals surface area contributed by atoms with Gasteiger partial charge in [0.1, 0.15) is 0 Å². The molecule has 3 heteroatoms. The van der Waals surface area contributed by atoms with Gasteiger partial charge in [0.25, 0.3) is 0 Å². The summed E-state index contributed by atoms with van der Waals surface area (Å²) >= 11 is 1.75. The first-order chi connectivity index (χ1) is 6.77. The van der Waals surface area contributed by atoms with Crippen LogP contribution in [0.25, 0.3) is 0 Å². The highest BCUT2D eigenvalue weighted by atomic mass is 32.1. The zero-order valence-electron chi connectivity index (χ0n) is 8.86. The van der Waals surface area contributed by atoms with E-state index in [0.717, 1.165) is 13.0 Å². The summed E-state index contributed by atoms with van der Waals surface area (Å²) in [4.78, 5) is 1.33. The van der Waals surface area contributed by atoms with E-state index in [0.29, 0.717) is 5.92 Å². The molecule has 2 atom stereocenters. The van der Waals surface area contributed by atoms with Crippen LogP contribution in [-0.4, -0.2) is 17.8 Å². The number of hydrogen-bond donors (Lipinski definition) is 2. The number of rotatable bonds is 6. The highest BCUT2D eigenvalue weighted by molar-refractivity contribution is 7.09. The molecule has 14 heavy (non-hydrogen) atoms. The third-order valence-corrected chi connectivity index (χ3v) is 3.52. The van der Waals surface area contributed by atoms with Gasteiger partial charge in [-0.2, -0.15) is 0 Å². The first-order valence-electron chi connectivity index (χ1n) is 5.14. The summed E-state index contributed by atoms with van der Waals surface area (Å²) in [7, 11) is 0. The number of aliphatic hydroxyl groups excluding tert-OH is 1. The fraction of sp³-hybridized carbons (Fsp3) is 0.636. The second-order valence-electron chi connectivity index (χ2n) is 3.63. The molecule has 2 unspecified atom stereocenters. The molecule has 0 aromatic carbocycles. The van der Waals surface area contributed by atoms with Gasteiger partial charge in [-0.15, -0.1) is 11.3 Å². The van der Waals surface area contributed by atoms with E-state index in [9.17, 15) is 5.11 Å². The van der Waals surface area contributed by atoms with E-state index in [1.165, 1.54) is 4.88 Å². The van der Waals surface area contributed by atoms with Crippen LogP contribution in [-0.2, 0) is 6.54 Å². The van der Waals surface area contributed by atoms with Gasteiger partial charge in [0.05, 0.1) is 6.61 Å². The third-order valence-electron chi connectivity index (χ3n) is 2.65. The Bertz CT molecular complexity index is 235. The standard InChI is InChI=1S/C11H19NOS/c1-3-9(2)11(8-13)12-7-10-5-4-6-14-10/h4-6,9,11-13H,3,7-8H2,1-2H3. The summed E-state index contributed by atoms with van der Waals surface area (Å²) in [6.45, 7) is 5.41. The molecule has 0 bridgehead atoms. The molecule has 80 valence electrons. The maximum Gasteiger partial charge on any atom is 0.0587 e. The second-order valence-corrected chi connectivity index (χ2v) is 4.67. The van der Waals surface area contributed by atoms with Crippen molar-refractivity contribution in [1.82, 2.24) is 5.32 Å². The van der Waals surface area contributed by atoms with Crippen molar-refractivity contribution >= 4 is 11.3 Å². The molecular formula is C11H19NOS. The largest absolute Gasteiger partial charge is 0.395 e. The minimum atomic E-state index is 0.223. The molecule has 0 spiro atoms. The Hall–Kier alpha value is -0.380. The molecular weight excluding hydrogens is 194 g/mol. The maximum atomic E-state index is 9.20. The molecule has 0 saturated carbocycles. The van der Waals surface area contributed by atoms with E-state index < -0.39 is 0 Å². The second kappa shape index (κ2) is 6.17. The average Bonchev–Trinajstić information content (AvgIpc) is 2.71. The lowest BCUT2D eigenvalue weighted by molar-refractivity contribution is 0.201. The molecule has 1 rings (SSSR count). The molecule has 1 aromatic heterocycles. The van der Waals surface area contributed by atoms with Gasteiger partial charge in [0.15, 0.2) is 0 Å². The molecule has 0 aliphatic carbocycles. The lowest BCUT2D eigenvalue weighted by Gasteiger charge is -2.21. The van der Waals surface area contributed by atoms with Gasteiger partial charge >= 0.3 is 0 Å². The third kappa shape index (κ3) is 3.40. The average molecular weight is 213 g/mol. The van der Waals surface area contributed by atoms with E-state index in [2.05, 4.69) is 36.7 Å². The SMILES string of the molecule is CCC(C)C(CO)NCc1cccs1. The number of hydrogen-bond acceptors (Lipinski definition) is 3. The Balaban J connectivity index is 2.34. The predicted octanol–water partition coefficient (Wildman–Crippen LogP) is 2.24. The summed E-state index contributed by atoms with van der Waals surface area (Å²) in [5.74, 6) is 0.528. The minimum Gasteiger partial charge on any atom is -0.395 e. The monoisotopic (exact) mass is 213 g/mol. The van der Waals surface area contributed by atoms with Crippen LogP contribution < -0.4 is 5.32 Å². The maximum absolute atomic E-state index is 9.20. The Morgan fingerprint density at radius 3 is 2.86 bits per heavy atom. The first-order valence-corrected chi connectivity index (χ1v) is 6.02. The molecule has 1 heterocycles. The molecule has 2 N–H and O–H groups in total. The summed E-state index contributed by atoms with van der Waals surface area (Å²) in [5.41, 5.74) is 0. The Morgan fingerprint density at radius 2 is 2.36 bits per heavy atom. The Labute approximate surface area is 90.0 Å². The molecule has 0 aliphatic rings. The first kappa shape index (κ1) is 11.7. The summed E-state index contributed by atoms with van der Waals surface area (Å²) in [6.07, 6.45) is 1.10. The van der Waals surface area contributed by atoms with Crippen LogP contribution in [0.15, 0.2) is 17.5 Å².